The fraction of sp³-hybridized carbons (Fsp3) is 0.333. The van der Waals surface area contributed by atoms with Gasteiger partial charge in [-0.25, -0.2) is 5.84 Å². The summed E-state index contributed by atoms with van der Waals surface area (Å²) < 4.78 is 0. The largest absolute Gasteiger partial charge is 0.399 e. The van der Waals surface area contributed by atoms with Crippen molar-refractivity contribution in [1.29, 1.82) is 10.5 Å². The van der Waals surface area contributed by atoms with E-state index < -0.39 is 6.04 Å². The number of nitrogens with one attached hydrogen (secondary N) is 2. The minimum absolute atomic E-state index is 0.00403. The third kappa shape index (κ3) is 4.82. The normalized spacial score (nSPS) is 20.1. The van der Waals surface area contributed by atoms with E-state index in [0.29, 0.717) is 45.6 Å². The molecule has 0 spiro atoms. The highest BCUT2D eigenvalue weighted by Crippen LogP contribution is 2.59. The average molecular weight is 558 g/mol. The van der Waals surface area contributed by atoms with Crippen LogP contribution in [0.15, 0.2) is 66.8 Å². The molecular formula is C33H35N9. The van der Waals surface area contributed by atoms with E-state index in [2.05, 4.69) is 53.5 Å². The van der Waals surface area contributed by atoms with Crippen molar-refractivity contribution < 1.29 is 0 Å². The molecule has 9 nitrogen and oxygen atoms in total. The summed E-state index contributed by atoms with van der Waals surface area (Å²) in [6.07, 6.45) is 8.43. The molecule has 3 aliphatic rings. The third-order valence-corrected chi connectivity index (χ3v) is 8.48. The van der Waals surface area contributed by atoms with Crippen molar-refractivity contribution in [2.24, 2.45) is 22.9 Å². The number of anilines is 2. The van der Waals surface area contributed by atoms with Gasteiger partial charge in [0.2, 0.25) is 0 Å². The lowest BCUT2D eigenvalue weighted by Gasteiger charge is -2.65. The lowest BCUT2D eigenvalue weighted by molar-refractivity contribution is -0.124. The van der Waals surface area contributed by atoms with E-state index in [-0.39, 0.29) is 11.0 Å². The number of nitrogens with two attached hydrogens (primary N) is 2. The SMILES string of the molecule is CC(C)(C)CNc1c(C#N)cnc2c(C#N)cc(N[C@H](/C(N)=C/N(N)C34CC(C3)C4)c3cccc4ncccc34)cc12. The topological polar surface area (TPSA) is 153 Å². The minimum Gasteiger partial charge on any atom is -0.399 e. The van der Waals surface area contributed by atoms with Crippen LogP contribution in [0.5, 0.6) is 0 Å². The lowest BCUT2D eigenvalue weighted by Crippen LogP contribution is -2.68. The molecule has 1 atom stereocenters. The van der Waals surface area contributed by atoms with Crippen molar-refractivity contribution in [2.75, 3.05) is 17.2 Å². The highest BCUT2D eigenvalue weighted by atomic mass is 15.5. The van der Waals surface area contributed by atoms with Crippen LogP contribution in [-0.4, -0.2) is 27.1 Å². The molecule has 212 valence electrons. The fourth-order valence-electron chi connectivity index (χ4n) is 6.11. The zero-order valence-corrected chi connectivity index (χ0v) is 24.1. The second kappa shape index (κ2) is 10.2. The van der Waals surface area contributed by atoms with Gasteiger partial charge in [0.1, 0.15) is 12.1 Å². The van der Waals surface area contributed by atoms with Crippen LogP contribution in [0.1, 0.15) is 62.8 Å². The van der Waals surface area contributed by atoms with Crippen molar-refractivity contribution in [1.82, 2.24) is 15.0 Å². The van der Waals surface area contributed by atoms with Gasteiger partial charge in [-0.1, -0.05) is 39.0 Å². The minimum atomic E-state index is -0.474. The molecule has 3 fully saturated rings. The fourth-order valence-corrected chi connectivity index (χ4v) is 6.11. The predicted molar refractivity (Wildman–Crippen MR) is 166 cm³/mol. The summed E-state index contributed by atoms with van der Waals surface area (Å²) >= 11 is 0. The van der Waals surface area contributed by atoms with Gasteiger partial charge < -0.3 is 21.4 Å². The van der Waals surface area contributed by atoms with Gasteiger partial charge in [0.25, 0.3) is 0 Å². The van der Waals surface area contributed by atoms with E-state index in [1.807, 2.05) is 42.6 Å². The molecule has 2 bridgehead atoms. The van der Waals surface area contributed by atoms with E-state index in [1.165, 1.54) is 6.20 Å². The average Bonchev–Trinajstić information content (AvgIpc) is 2.91. The molecule has 2 aromatic heterocycles. The Morgan fingerprint density at radius 3 is 2.52 bits per heavy atom. The van der Waals surface area contributed by atoms with Gasteiger partial charge >= 0.3 is 0 Å². The molecule has 0 unspecified atom stereocenters. The summed E-state index contributed by atoms with van der Waals surface area (Å²) in [5.41, 5.74) is 11.8. The Morgan fingerprint density at radius 2 is 1.86 bits per heavy atom. The predicted octanol–water partition coefficient (Wildman–Crippen LogP) is 5.67. The van der Waals surface area contributed by atoms with Crippen LogP contribution in [0.25, 0.3) is 21.8 Å². The number of benzene rings is 2. The Labute approximate surface area is 245 Å². The van der Waals surface area contributed by atoms with E-state index in [0.717, 1.165) is 41.6 Å². The van der Waals surface area contributed by atoms with Gasteiger partial charge in [-0.2, -0.15) is 10.5 Å². The van der Waals surface area contributed by atoms with Crippen LogP contribution in [0, 0.1) is 34.0 Å². The first-order chi connectivity index (χ1) is 20.1. The molecule has 0 aliphatic heterocycles. The van der Waals surface area contributed by atoms with Gasteiger partial charge in [0.05, 0.1) is 45.1 Å². The van der Waals surface area contributed by atoms with Gasteiger partial charge in [-0.3, -0.25) is 9.97 Å². The van der Waals surface area contributed by atoms with Crippen LogP contribution in [0.2, 0.25) is 0 Å². The van der Waals surface area contributed by atoms with Crippen molar-refractivity contribution >= 4 is 33.2 Å². The van der Waals surface area contributed by atoms with Crippen molar-refractivity contribution in [3.63, 3.8) is 0 Å². The van der Waals surface area contributed by atoms with Gasteiger partial charge in [0.15, 0.2) is 0 Å². The van der Waals surface area contributed by atoms with Crippen LogP contribution in [0.4, 0.5) is 11.4 Å². The Kier molecular flexibility index (Phi) is 6.64. The molecule has 6 N–H and O–H groups in total. The molecule has 4 aromatic rings. The van der Waals surface area contributed by atoms with E-state index in [1.54, 1.807) is 17.3 Å². The zero-order chi connectivity index (χ0) is 29.6. The second-order valence-electron chi connectivity index (χ2n) is 12.8. The number of hydrogen-bond donors (Lipinski definition) is 4. The smallest absolute Gasteiger partial charge is 0.103 e. The van der Waals surface area contributed by atoms with Gasteiger partial charge in [0, 0.05) is 41.6 Å². The summed E-state index contributed by atoms with van der Waals surface area (Å²) in [5, 5.41) is 30.5. The molecule has 2 heterocycles. The number of hydrogen-bond acceptors (Lipinski definition) is 9. The van der Waals surface area contributed by atoms with Crippen LogP contribution in [-0.2, 0) is 0 Å². The number of rotatable bonds is 8. The highest BCUT2D eigenvalue weighted by Gasteiger charge is 2.59. The third-order valence-electron chi connectivity index (χ3n) is 8.48. The Morgan fingerprint density at radius 1 is 1.10 bits per heavy atom. The van der Waals surface area contributed by atoms with Crippen LogP contribution < -0.4 is 22.2 Å². The molecule has 0 amide bonds. The Hall–Kier alpha value is -4.86. The number of hydrazine groups is 1. The van der Waals surface area contributed by atoms with Crippen molar-refractivity contribution in [3.05, 3.63) is 83.4 Å². The number of nitrogens with zero attached hydrogens (tertiary/aromatic N) is 5. The maximum absolute atomic E-state index is 10.1. The number of aromatic nitrogens is 2. The van der Waals surface area contributed by atoms with Gasteiger partial charge in [-0.15, -0.1) is 0 Å². The molecule has 0 radical (unpaired) electrons. The van der Waals surface area contributed by atoms with E-state index in [9.17, 15) is 10.5 Å². The summed E-state index contributed by atoms with van der Waals surface area (Å²) in [6, 6.07) is 17.7. The molecule has 2 aromatic carbocycles. The zero-order valence-electron chi connectivity index (χ0n) is 24.1. The van der Waals surface area contributed by atoms with Gasteiger partial charge in [-0.05, 0) is 60.4 Å². The molecule has 7 rings (SSSR count). The molecule has 3 saturated carbocycles. The Bertz CT molecular complexity index is 1780. The standard InChI is InChI=1S/C33H35N9/c1-32(2,3)19-40-30-22(16-35)17-39-29-21(15-34)10-23(11-26(29)30)41-31(25-6-4-8-28-24(25)7-5-9-38-28)27(36)18-42(37)33-12-20(13-33)14-33/h4-11,17-18,20,31,41H,12-14,19,36-37H2,1-3H3,(H,39,40)/b27-18-/t20?,31-,33?/m0/s1. The monoisotopic (exact) mass is 557 g/mol. The van der Waals surface area contributed by atoms with Crippen LogP contribution in [0.3, 0.4) is 0 Å². The number of pyridine rings is 2. The van der Waals surface area contributed by atoms with Crippen molar-refractivity contribution in [3.8, 4) is 12.1 Å². The summed E-state index contributed by atoms with van der Waals surface area (Å²) in [5.74, 6) is 7.34. The number of fused-ring (bicyclic) bond motifs is 2. The maximum atomic E-state index is 10.1. The van der Waals surface area contributed by atoms with Crippen LogP contribution >= 0.6 is 0 Å². The summed E-state index contributed by atoms with van der Waals surface area (Å²) in [6.45, 7) is 7.00. The molecule has 42 heavy (non-hydrogen) atoms. The van der Waals surface area contributed by atoms with E-state index in [4.69, 9.17) is 11.6 Å². The Balaban J connectivity index is 1.47. The highest BCUT2D eigenvalue weighted by molar-refractivity contribution is 5.99. The molecular weight excluding hydrogens is 522 g/mol. The number of nitriles is 2. The first-order valence-electron chi connectivity index (χ1n) is 14.2. The molecule has 0 saturated heterocycles. The molecule has 3 aliphatic carbocycles. The maximum Gasteiger partial charge on any atom is 0.103 e. The summed E-state index contributed by atoms with van der Waals surface area (Å²) in [4.78, 5) is 9.03. The quantitative estimate of drug-likeness (QED) is 0.159. The van der Waals surface area contributed by atoms with E-state index >= 15 is 0 Å². The first-order valence-corrected chi connectivity index (χ1v) is 14.2. The lowest BCUT2D eigenvalue weighted by atomic mass is 9.49. The van der Waals surface area contributed by atoms with Crippen molar-refractivity contribution in [2.45, 2.75) is 51.6 Å². The summed E-state index contributed by atoms with van der Waals surface area (Å²) in [7, 11) is 0. The first kappa shape index (κ1) is 27.3. The molecule has 9 heteroatoms. The second-order valence-corrected chi connectivity index (χ2v) is 12.8.